The number of halogens is 2. The van der Waals surface area contributed by atoms with Crippen molar-refractivity contribution in [2.24, 2.45) is 0 Å². The van der Waals surface area contributed by atoms with Gasteiger partial charge in [-0.05, 0) is 38.0 Å². The Morgan fingerprint density at radius 2 is 2.00 bits per heavy atom. The van der Waals surface area contributed by atoms with Crippen LogP contribution in [0.25, 0.3) is 0 Å². The summed E-state index contributed by atoms with van der Waals surface area (Å²) in [6, 6.07) is 6.35. The summed E-state index contributed by atoms with van der Waals surface area (Å²) in [5.74, 6) is 2.36. The molecule has 1 aromatic heterocycles. The van der Waals surface area contributed by atoms with E-state index >= 15 is 0 Å². The second-order valence-corrected chi connectivity index (χ2v) is 5.46. The highest BCUT2D eigenvalue weighted by atomic mass is 35.5. The van der Waals surface area contributed by atoms with E-state index in [4.69, 9.17) is 11.6 Å². The molecule has 1 aliphatic rings. The Bertz CT molecular complexity index is 658. The van der Waals surface area contributed by atoms with Crippen LogP contribution in [0.1, 0.15) is 31.5 Å². The Morgan fingerprint density at radius 3 is 2.67 bits per heavy atom. The summed E-state index contributed by atoms with van der Waals surface area (Å²) in [6.45, 7) is 2.81. The van der Waals surface area contributed by atoms with Gasteiger partial charge in [-0.25, -0.2) is 14.4 Å². The van der Waals surface area contributed by atoms with E-state index in [0.717, 1.165) is 31.0 Å². The van der Waals surface area contributed by atoms with Crippen molar-refractivity contribution in [2.45, 2.75) is 25.7 Å². The third-order valence-electron chi connectivity index (χ3n) is 3.24. The summed E-state index contributed by atoms with van der Waals surface area (Å²) >= 11 is 5.79. The number of nitrogens with zero attached hydrogens (tertiary/aromatic N) is 2. The quantitative estimate of drug-likeness (QED) is 0.863. The summed E-state index contributed by atoms with van der Waals surface area (Å²) in [5.41, 5.74) is 0.698. The molecule has 1 heterocycles. The number of benzene rings is 1. The molecule has 0 amide bonds. The van der Waals surface area contributed by atoms with Crippen LogP contribution in [0.5, 0.6) is 0 Å². The summed E-state index contributed by atoms with van der Waals surface area (Å²) < 4.78 is 13.2. The molecule has 3 rings (SSSR count). The molecular formula is C15H16ClFN4. The lowest BCUT2D eigenvalue weighted by atomic mass is 10.3. The number of hydrogen-bond donors (Lipinski definition) is 2. The fraction of sp³-hybridized carbons (Fsp3) is 0.333. The molecule has 0 radical (unpaired) electrons. The highest BCUT2D eigenvalue weighted by Crippen LogP contribution is 2.39. The standard InChI is InChI=1S/C15H16ClFN4/c1-2-18-13-8-14(21-15(20-13)9-3-4-9)19-10-5-6-12(17)11(16)7-10/h5-9H,2-4H2,1H3,(H2,18,19,20,21). The number of anilines is 3. The first-order valence-corrected chi connectivity index (χ1v) is 7.38. The minimum atomic E-state index is -0.433. The Kier molecular flexibility index (Phi) is 3.92. The maximum Gasteiger partial charge on any atom is 0.141 e. The SMILES string of the molecule is CCNc1cc(Nc2ccc(F)c(Cl)c2)nc(C2CC2)n1. The van der Waals surface area contributed by atoms with Crippen molar-refractivity contribution in [1.29, 1.82) is 0 Å². The fourth-order valence-corrected chi connectivity index (χ4v) is 2.23. The first-order valence-electron chi connectivity index (χ1n) is 7.00. The molecule has 0 atom stereocenters. The van der Waals surface area contributed by atoms with E-state index in [1.54, 1.807) is 12.1 Å². The molecule has 0 saturated heterocycles. The van der Waals surface area contributed by atoms with Crippen LogP contribution in [0.15, 0.2) is 24.3 Å². The molecule has 1 aromatic carbocycles. The average molecular weight is 307 g/mol. The van der Waals surface area contributed by atoms with Crippen LogP contribution >= 0.6 is 11.6 Å². The molecule has 6 heteroatoms. The predicted octanol–water partition coefficient (Wildman–Crippen LogP) is 4.32. The summed E-state index contributed by atoms with van der Waals surface area (Å²) in [4.78, 5) is 9.04. The van der Waals surface area contributed by atoms with E-state index in [0.29, 0.717) is 17.4 Å². The van der Waals surface area contributed by atoms with Crippen molar-refractivity contribution < 1.29 is 4.39 Å². The van der Waals surface area contributed by atoms with E-state index in [9.17, 15) is 4.39 Å². The van der Waals surface area contributed by atoms with Crippen molar-refractivity contribution in [1.82, 2.24) is 9.97 Å². The Morgan fingerprint density at radius 1 is 1.24 bits per heavy atom. The van der Waals surface area contributed by atoms with Crippen molar-refractivity contribution in [3.63, 3.8) is 0 Å². The zero-order valence-electron chi connectivity index (χ0n) is 11.7. The van der Waals surface area contributed by atoms with Gasteiger partial charge in [-0.2, -0.15) is 0 Å². The van der Waals surface area contributed by atoms with Gasteiger partial charge in [0, 0.05) is 24.2 Å². The third kappa shape index (κ3) is 3.42. The van der Waals surface area contributed by atoms with Crippen LogP contribution in [0.4, 0.5) is 21.7 Å². The number of nitrogens with one attached hydrogen (secondary N) is 2. The molecule has 0 bridgehead atoms. The molecule has 0 unspecified atom stereocenters. The predicted molar refractivity (Wildman–Crippen MR) is 82.9 cm³/mol. The highest BCUT2D eigenvalue weighted by Gasteiger charge is 2.27. The molecule has 1 saturated carbocycles. The second kappa shape index (κ2) is 5.85. The minimum absolute atomic E-state index is 0.0865. The van der Waals surface area contributed by atoms with Crippen LogP contribution in [-0.2, 0) is 0 Å². The van der Waals surface area contributed by atoms with Crippen molar-refractivity contribution in [3.8, 4) is 0 Å². The van der Waals surface area contributed by atoms with Gasteiger partial charge in [0.25, 0.3) is 0 Å². The molecule has 2 aromatic rings. The van der Waals surface area contributed by atoms with Gasteiger partial charge in [-0.1, -0.05) is 11.6 Å². The second-order valence-electron chi connectivity index (χ2n) is 5.06. The van der Waals surface area contributed by atoms with Gasteiger partial charge in [0.2, 0.25) is 0 Å². The lowest BCUT2D eigenvalue weighted by Gasteiger charge is -2.11. The van der Waals surface area contributed by atoms with Gasteiger partial charge < -0.3 is 10.6 Å². The normalized spacial score (nSPS) is 14.0. The number of hydrogen-bond acceptors (Lipinski definition) is 4. The Balaban J connectivity index is 1.87. The van der Waals surface area contributed by atoms with Crippen LogP contribution < -0.4 is 10.6 Å². The van der Waals surface area contributed by atoms with Gasteiger partial charge in [0.15, 0.2) is 0 Å². The molecule has 4 nitrogen and oxygen atoms in total. The molecular weight excluding hydrogens is 291 g/mol. The van der Waals surface area contributed by atoms with Gasteiger partial charge >= 0.3 is 0 Å². The average Bonchev–Trinajstić information content (AvgIpc) is 3.28. The van der Waals surface area contributed by atoms with Gasteiger partial charge in [0.1, 0.15) is 23.3 Å². The maximum atomic E-state index is 13.2. The molecule has 110 valence electrons. The molecule has 1 aliphatic carbocycles. The van der Waals surface area contributed by atoms with Crippen molar-refractivity contribution in [3.05, 3.63) is 40.9 Å². The Hall–Kier alpha value is -1.88. The van der Waals surface area contributed by atoms with E-state index in [1.165, 1.54) is 6.07 Å². The van der Waals surface area contributed by atoms with Crippen LogP contribution in [0, 0.1) is 5.82 Å². The fourth-order valence-electron chi connectivity index (χ4n) is 2.05. The van der Waals surface area contributed by atoms with E-state index in [1.807, 2.05) is 13.0 Å². The number of aromatic nitrogens is 2. The largest absolute Gasteiger partial charge is 0.370 e. The van der Waals surface area contributed by atoms with E-state index in [-0.39, 0.29) is 5.02 Å². The maximum absolute atomic E-state index is 13.2. The summed E-state index contributed by atoms with van der Waals surface area (Å²) in [5, 5.41) is 6.44. The van der Waals surface area contributed by atoms with E-state index in [2.05, 4.69) is 20.6 Å². The molecule has 0 spiro atoms. The molecule has 2 N–H and O–H groups in total. The van der Waals surface area contributed by atoms with Gasteiger partial charge in [-0.3, -0.25) is 0 Å². The Labute approximate surface area is 127 Å². The van der Waals surface area contributed by atoms with Crippen LogP contribution in [0.2, 0.25) is 5.02 Å². The van der Waals surface area contributed by atoms with E-state index < -0.39 is 5.82 Å². The third-order valence-corrected chi connectivity index (χ3v) is 3.53. The zero-order valence-corrected chi connectivity index (χ0v) is 12.4. The topological polar surface area (TPSA) is 49.8 Å². The zero-order chi connectivity index (χ0) is 14.8. The molecule has 1 fully saturated rings. The van der Waals surface area contributed by atoms with Crippen molar-refractivity contribution >= 4 is 28.9 Å². The molecule has 21 heavy (non-hydrogen) atoms. The minimum Gasteiger partial charge on any atom is -0.370 e. The van der Waals surface area contributed by atoms with Gasteiger partial charge in [0.05, 0.1) is 5.02 Å². The molecule has 0 aliphatic heterocycles. The lowest BCUT2D eigenvalue weighted by molar-refractivity contribution is 0.628. The van der Waals surface area contributed by atoms with Crippen molar-refractivity contribution in [2.75, 3.05) is 17.2 Å². The lowest BCUT2D eigenvalue weighted by Crippen LogP contribution is -2.05. The van der Waals surface area contributed by atoms with Gasteiger partial charge in [-0.15, -0.1) is 0 Å². The number of rotatable bonds is 5. The summed E-state index contributed by atoms with van der Waals surface area (Å²) in [6.07, 6.45) is 2.27. The highest BCUT2D eigenvalue weighted by molar-refractivity contribution is 6.31. The summed E-state index contributed by atoms with van der Waals surface area (Å²) in [7, 11) is 0. The van der Waals surface area contributed by atoms with Crippen LogP contribution in [0.3, 0.4) is 0 Å². The monoisotopic (exact) mass is 306 g/mol. The first kappa shape index (κ1) is 14.1. The first-order chi connectivity index (χ1) is 10.2. The van der Waals surface area contributed by atoms with Crippen LogP contribution in [-0.4, -0.2) is 16.5 Å². The smallest absolute Gasteiger partial charge is 0.141 e.